The van der Waals surface area contributed by atoms with E-state index in [0.717, 1.165) is 25.0 Å². The third-order valence-corrected chi connectivity index (χ3v) is 3.07. The maximum atomic E-state index is 10.7. The van der Waals surface area contributed by atoms with Crippen LogP contribution in [0.5, 0.6) is 0 Å². The summed E-state index contributed by atoms with van der Waals surface area (Å²) in [5.74, 6) is -3.51. The van der Waals surface area contributed by atoms with Gasteiger partial charge in [-0.1, -0.05) is 45.2 Å². The Balaban J connectivity index is -0.000000401. The van der Waals surface area contributed by atoms with Crippen LogP contribution in [-0.4, -0.2) is 40.9 Å². The van der Waals surface area contributed by atoms with Crippen LogP contribution in [0.1, 0.15) is 33.1 Å². The summed E-state index contributed by atoms with van der Waals surface area (Å²) in [6.07, 6.45) is 6.13. The van der Waals surface area contributed by atoms with Crippen LogP contribution in [0.4, 0.5) is 0 Å². The van der Waals surface area contributed by atoms with Gasteiger partial charge in [0.15, 0.2) is 0 Å². The van der Waals surface area contributed by atoms with Gasteiger partial charge in [0.25, 0.3) is 0 Å². The first-order chi connectivity index (χ1) is 14.4. The molecule has 172 valence electrons. The van der Waals surface area contributed by atoms with E-state index in [4.69, 9.17) is 16.6 Å². The first-order valence-electron chi connectivity index (χ1n) is 9.01. The van der Waals surface area contributed by atoms with Crippen molar-refractivity contribution in [3.05, 3.63) is 61.8 Å². The average Bonchev–Trinajstić information content (AvgIpc) is 2.71. The Hall–Kier alpha value is -3.95. The number of aliphatic carboxylic acids is 1. The molecule has 10 heteroatoms. The van der Waals surface area contributed by atoms with Crippen LogP contribution in [-0.2, 0) is 24.0 Å². The Morgan fingerprint density at radius 2 is 1.42 bits per heavy atom. The number of hydrogen-bond donors (Lipinski definition) is 5. The van der Waals surface area contributed by atoms with Crippen molar-refractivity contribution in [3.8, 4) is 0 Å². The zero-order valence-electron chi connectivity index (χ0n) is 18.0. The molecular formula is C21H32N4O6. The molecule has 0 aliphatic heterocycles. The molecule has 7 N–H and O–H groups in total. The third-order valence-electron chi connectivity index (χ3n) is 3.07. The minimum absolute atomic E-state index is 0.364. The van der Waals surface area contributed by atoms with Crippen molar-refractivity contribution in [2.45, 2.75) is 39.3 Å². The molecule has 0 aromatic rings. The van der Waals surface area contributed by atoms with Crippen LogP contribution >= 0.6 is 0 Å². The smallest absolute Gasteiger partial charge is 0.347 e. The zero-order chi connectivity index (χ0) is 25.0. The Kier molecular flexibility index (Phi) is 19.8. The Morgan fingerprint density at radius 3 is 1.65 bits per heavy atom. The number of rotatable bonds is 11. The molecule has 0 saturated carbocycles. The van der Waals surface area contributed by atoms with E-state index in [2.05, 4.69) is 26.3 Å². The second kappa shape index (κ2) is 19.4. The fourth-order valence-corrected chi connectivity index (χ4v) is 1.35. The minimum atomic E-state index is -1.48. The molecule has 0 fully saturated rings. The van der Waals surface area contributed by atoms with Crippen LogP contribution in [0.3, 0.4) is 0 Å². The van der Waals surface area contributed by atoms with Gasteiger partial charge in [0.05, 0.1) is 0 Å². The number of amides is 4. The van der Waals surface area contributed by atoms with Gasteiger partial charge in [-0.2, -0.15) is 0 Å². The predicted molar refractivity (Wildman–Crippen MR) is 119 cm³/mol. The van der Waals surface area contributed by atoms with Gasteiger partial charge >= 0.3 is 5.97 Å². The number of carbonyl (C=O) groups excluding carboxylic acids is 4. The van der Waals surface area contributed by atoms with Crippen molar-refractivity contribution in [1.82, 2.24) is 10.6 Å². The molecule has 0 spiro atoms. The molecule has 0 heterocycles. The van der Waals surface area contributed by atoms with E-state index in [9.17, 15) is 24.0 Å². The fourth-order valence-electron chi connectivity index (χ4n) is 1.35. The van der Waals surface area contributed by atoms with E-state index in [1.165, 1.54) is 0 Å². The van der Waals surface area contributed by atoms with E-state index >= 15 is 0 Å². The number of primary amides is 2. The lowest BCUT2D eigenvalue weighted by molar-refractivity contribution is -0.143. The first kappa shape index (κ1) is 31.7. The SMILES string of the molecule is C=C(CCC)C(N)=O.C=CC(=O)NC(NC(=O)C=C)C(=O)O.C=CCC=C(C)C(N)=O. The summed E-state index contributed by atoms with van der Waals surface area (Å²) < 4.78 is 0. The van der Waals surface area contributed by atoms with E-state index < -0.39 is 23.9 Å². The summed E-state index contributed by atoms with van der Waals surface area (Å²) in [6.45, 7) is 16.9. The molecule has 10 nitrogen and oxygen atoms in total. The van der Waals surface area contributed by atoms with Crippen molar-refractivity contribution in [2.75, 3.05) is 0 Å². The number of carboxylic acids is 1. The van der Waals surface area contributed by atoms with Crippen LogP contribution in [0.15, 0.2) is 61.8 Å². The van der Waals surface area contributed by atoms with E-state index in [1.807, 2.05) is 17.6 Å². The normalized spacial score (nSPS) is 9.45. The highest BCUT2D eigenvalue weighted by Crippen LogP contribution is 1.98. The average molecular weight is 437 g/mol. The molecule has 0 aromatic carbocycles. The van der Waals surface area contributed by atoms with Gasteiger partial charge in [0.1, 0.15) is 0 Å². The summed E-state index contributed by atoms with van der Waals surface area (Å²) in [5, 5.41) is 12.6. The molecule has 0 aliphatic carbocycles. The molecule has 0 aromatic heterocycles. The van der Waals surface area contributed by atoms with Crippen LogP contribution in [0.2, 0.25) is 0 Å². The first-order valence-corrected chi connectivity index (χ1v) is 9.01. The summed E-state index contributed by atoms with van der Waals surface area (Å²) in [7, 11) is 0. The third kappa shape index (κ3) is 20.6. The van der Waals surface area contributed by atoms with Gasteiger partial charge in [0.2, 0.25) is 29.8 Å². The molecule has 0 unspecified atom stereocenters. The van der Waals surface area contributed by atoms with E-state index in [1.54, 1.807) is 19.1 Å². The Bertz CT molecular complexity index is 703. The number of nitrogens with two attached hydrogens (primary N) is 2. The van der Waals surface area contributed by atoms with Crippen molar-refractivity contribution >= 4 is 29.6 Å². The number of hydrogen-bond acceptors (Lipinski definition) is 5. The van der Waals surface area contributed by atoms with Gasteiger partial charge in [-0.25, -0.2) is 4.79 Å². The monoisotopic (exact) mass is 436 g/mol. The Morgan fingerprint density at radius 1 is 0.968 bits per heavy atom. The lowest BCUT2D eigenvalue weighted by atomic mass is 10.2. The van der Waals surface area contributed by atoms with Gasteiger partial charge in [-0.3, -0.25) is 19.2 Å². The number of carboxylic acid groups (broad SMARTS) is 1. The lowest BCUT2D eigenvalue weighted by Gasteiger charge is -2.13. The molecule has 0 saturated heterocycles. The standard InChI is InChI=1S/C8H10N2O4.C7H11NO.C6H11NO/c1-3-5(11)9-7(8(13)14)10-6(12)4-2;1-3-4-5-6(2)7(8)9;1-3-4-5(2)6(7)8/h3-4,7H,1-2H2,(H,9,11)(H,10,12)(H,13,14);3,5H,1,4H2,2H3,(H2,8,9);2-4H2,1H3,(H2,7,8). The van der Waals surface area contributed by atoms with Gasteiger partial charge in [0, 0.05) is 11.1 Å². The predicted octanol–water partition coefficient (Wildman–Crippen LogP) is 0.824. The van der Waals surface area contributed by atoms with Gasteiger partial charge < -0.3 is 27.2 Å². The summed E-state index contributed by atoms with van der Waals surface area (Å²) in [5.41, 5.74) is 10.9. The highest BCUT2D eigenvalue weighted by Gasteiger charge is 2.19. The molecule has 0 radical (unpaired) electrons. The largest absolute Gasteiger partial charge is 0.478 e. The fraction of sp³-hybridized carbons (Fsp3) is 0.286. The Labute approximate surface area is 182 Å². The topological polar surface area (TPSA) is 182 Å². The summed E-state index contributed by atoms with van der Waals surface area (Å²) in [6, 6.07) is 0. The van der Waals surface area contributed by atoms with Gasteiger partial charge in [-0.05, 0) is 31.9 Å². The highest BCUT2D eigenvalue weighted by molar-refractivity contribution is 5.94. The maximum absolute atomic E-state index is 10.7. The van der Waals surface area contributed by atoms with E-state index in [0.29, 0.717) is 17.6 Å². The minimum Gasteiger partial charge on any atom is -0.478 e. The number of nitrogens with one attached hydrogen (secondary N) is 2. The molecule has 0 atom stereocenters. The maximum Gasteiger partial charge on any atom is 0.347 e. The number of allylic oxidation sites excluding steroid dienone is 2. The van der Waals surface area contributed by atoms with E-state index in [-0.39, 0.29) is 11.8 Å². The van der Waals surface area contributed by atoms with Crippen LogP contribution in [0, 0.1) is 0 Å². The number of carbonyl (C=O) groups is 5. The molecule has 0 aliphatic rings. The highest BCUT2D eigenvalue weighted by atomic mass is 16.4. The lowest BCUT2D eigenvalue weighted by Crippen LogP contribution is -2.52. The van der Waals surface area contributed by atoms with Gasteiger partial charge in [-0.15, -0.1) is 6.58 Å². The van der Waals surface area contributed by atoms with Crippen molar-refractivity contribution in [1.29, 1.82) is 0 Å². The molecule has 31 heavy (non-hydrogen) atoms. The molecular weight excluding hydrogens is 404 g/mol. The summed E-state index contributed by atoms with van der Waals surface area (Å²) in [4.78, 5) is 52.5. The summed E-state index contributed by atoms with van der Waals surface area (Å²) >= 11 is 0. The van der Waals surface area contributed by atoms with Crippen LogP contribution < -0.4 is 22.1 Å². The molecule has 0 bridgehead atoms. The van der Waals surface area contributed by atoms with Crippen molar-refractivity contribution < 1.29 is 29.1 Å². The molecule has 4 amide bonds. The van der Waals surface area contributed by atoms with Crippen molar-refractivity contribution in [3.63, 3.8) is 0 Å². The molecule has 0 rings (SSSR count). The zero-order valence-corrected chi connectivity index (χ0v) is 18.0. The van der Waals surface area contributed by atoms with Crippen LogP contribution in [0.25, 0.3) is 0 Å². The second-order valence-corrected chi connectivity index (χ2v) is 5.69. The quantitative estimate of drug-likeness (QED) is 0.181. The van der Waals surface area contributed by atoms with Crippen molar-refractivity contribution in [2.24, 2.45) is 11.5 Å². The second-order valence-electron chi connectivity index (χ2n) is 5.69.